The highest BCUT2D eigenvalue weighted by molar-refractivity contribution is 7.98. The van der Waals surface area contributed by atoms with Gasteiger partial charge in [0.05, 0.1) is 17.0 Å². The lowest BCUT2D eigenvalue weighted by Gasteiger charge is -2.07. The molecule has 2 aromatic heterocycles. The molecule has 0 aromatic carbocycles. The van der Waals surface area contributed by atoms with Gasteiger partial charge in [0.25, 0.3) is 0 Å². The monoisotopic (exact) mass is 241 g/mol. The summed E-state index contributed by atoms with van der Waals surface area (Å²) in [6.45, 7) is 1.86. The molecule has 0 bridgehead atoms. The molecule has 0 atom stereocenters. The summed E-state index contributed by atoms with van der Waals surface area (Å²) in [7, 11) is 0. The summed E-state index contributed by atoms with van der Waals surface area (Å²) in [5, 5.41) is 9.08. The van der Waals surface area contributed by atoms with Crippen LogP contribution in [0.5, 0.6) is 0 Å². The Morgan fingerprint density at radius 3 is 2.82 bits per heavy atom. The van der Waals surface area contributed by atoms with Crippen molar-refractivity contribution in [2.24, 2.45) is 0 Å². The van der Waals surface area contributed by atoms with E-state index in [9.17, 15) is 0 Å². The first-order valence-corrected chi connectivity index (χ1v) is 6.35. The lowest BCUT2D eigenvalue weighted by atomic mass is 10.1. The van der Waals surface area contributed by atoms with Gasteiger partial charge >= 0.3 is 0 Å². The number of thioether (sulfide) groups is 1. The van der Waals surface area contributed by atoms with Crippen molar-refractivity contribution in [2.45, 2.75) is 11.8 Å². The van der Waals surface area contributed by atoms with Crippen molar-refractivity contribution in [3.8, 4) is 17.3 Å². The molecule has 0 radical (unpaired) electrons. The van der Waals surface area contributed by atoms with Gasteiger partial charge in [-0.2, -0.15) is 5.26 Å². The zero-order valence-electron chi connectivity index (χ0n) is 9.64. The van der Waals surface area contributed by atoms with Gasteiger partial charge in [-0.1, -0.05) is 0 Å². The van der Waals surface area contributed by atoms with Gasteiger partial charge in [-0.05, 0) is 31.4 Å². The summed E-state index contributed by atoms with van der Waals surface area (Å²) in [5.41, 5.74) is 3.25. The Morgan fingerprint density at radius 1 is 1.41 bits per heavy atom. The first-order chi connectivity index (χ1) is 8.26. The number of aryl methyl sites for hydroxylation is 1. The summed E-state index contributed by atoms with van der Waals surface area (Å²) in [6, 6.07) is 7.97. The second-order valence-electron chi connectivity index (χ2n) is 3.52. The van der Waals surface area contributed by atoms with E-state index in [0.29, 0.717) is 5.56 Å². The average Bonchev–Trinajstić information content (AvgIpc) is 2.38. The van der Waals surface area contributed by atoms with E-state index >= 15 is 0 Å². The van der Waals surface area contributed by atoms with E-state index in [1.54, 1.807) is 24.2 Å². The molecule has 0 amide bonds. The van der Waals surface area contributed by atoms with Crippen molar-refractivity contribution < 1.29 is 0 Å². The molecule has 0 fully saturated rings. The molecule has 17 heavy (non-hydrogen) atoms. The number of hydrogen-bond acceptors (Lipinski definition) is 4. The van der Waals surface area contributed by atoms with Gasteiger partial charge in [0.15, 0.2) is 0 Å². The summed E-state index contributed by atoms with van der Waals surface area (Å²) in [5.74, 6) is 0. The minimum Gasteiger partial charge on any atom is -0.264 e. The maximum atomic E-state index is 9.08. The Morgan fingerprint density at radius 2 is 2.24 bits per heavy atom. The molecule has 0 aliphatic heterocycles. The van der Waals surface area contributed by atoms with Crippen LogP contribution in [0.15, 0.2) is 35.5 Å². The predicted molar refractivity (Wildman–Crippen MR) is 68.7 cm³/mol. The van der Waals surface area contributed by atoms with Crippen molar-refractivity contribution in [1.29, 1.82) is 5.26 Å². The topological polar surface area (TPSA) is 49.6 Å². The number of rotatable bonds is 2. The molecule has 0 aliphatic carbocycles. The smallest absolute Gasteiger partial charge is 0.102 e. The zero-order valence-corrected chi connectivity index (χ0v) is 10.5. The lowest BCUT2D eigenvalue weighted by Crippen LogP contribution is -1.94. The maximum Gasteiger partial charge on any atom is 0.102 e. The molecule has 0 saturated heterocycles. The number of aromatic nitrogens is 2. The Labute approximate surface area is 105 Å². The third-order valence-electron chi connectivity index (χ3n) is 2.45. The zero-order chi connectivity index (χ0) is 12.3. The minimum absolute atomic E-state index is 0.658. The van der Waals surface area contributed by atoms with E-state index in [1.807, 2.05) is 31.4 Å². The molecular formula is C13H11N3S. The van der Waals surface area contributed by atoms with Gasteiger partial charge in [-0.25, -0.2) is 0 Å². The summed E-state index contributed by atoms with van der Waals surface area (Å²) in [4.78, 5) is 9.48. The highest BCUT2D eigenvalue weighted by Crippen LogP contribution is 2.27. The van der Waals surface area contributed by atoms with Gasteiger partial charge in [0, 0.05) is 22.9 Å². The summed E-state index contributed by atoms with van der Waals surface area (Å²) < 4.78 is 0. The maximum absolute atomic E-state index is 9.08. The Kier molecular flexibility index (Phi) is 3.40. The van der Waals surface area contributed by atoms with Crippen LogP contribution in [0.1, 0.15) is 11.3 Å². The fourth-order valence-electron chi connectivity index (χ4n) is 1.60. The second-order valence-corrected chi connectivity index (χ2v) is 4.37. The van der Waals surface area contributed by atoms with Gasteiger partial charge in [0.2, 0.25) is 0 Å². The highest BCUT2D eigenvalue weighted by atomic mass is 32.2. The first-order valence-electron chi connectivity index (χ1n) is 5.12. The molecule has 0 N–H and O–H groups in total. The molecule has 4 heteroatoms. The minimum atomic E-state index is 0.658. The van der Waals surface area contributed by atoms with E-state index in [1.165, 1.54) is 0 Å². The first kappa shape index (κ1) is 11.6. The number of pyridine rings is 2. The van der Waals surface area contributed by atoms with Crippen LogP contribution >= 0.6 is 11.8 Å². The number of nitriles is 1. The van der Waals surface area contributed by atoms with Crippen LogP contribution in [0.2, 0.25) is 0 Å². The van der Waals surface area contributed by atoms with E-state index in [2.05, 4.69) is 16.0 Å². The Bertz CT molecular complexity index is 573. The van der Waals surface area contributed by atoms with Gasteiger partial charge in [-0.3, -0.25) is 9.97 Å². The molecule has 0 aliphatic rings. The highest BCUT2D eigenvalue weighted by Gasteiger charge is 2.09. The third kappa shape index (κ3) is 2.29. The van der Waals surface area contributed by atoms with E-state index in [-0.39, 0.29) is 0 Å². The predicted octanol–water partition coefficient (Wildman–Crippen LogP) is 3.05. The molecule has 0 saturated carbocycles. The largest absolute Gasteiger partial charge is 0.264 e. The SMILES string of the molecule is CSc1cc(-c2cccnc2)nc(C)c1C#N. The van der Waals surface area contributed by atoms with Crippen LogP contribution in [-0.2, 0) is 0 Å². The molecule has 2 rings (SSSR count). The molecule has 2 heterocycles. The van der Waals surface area contributed by atoms with Crippen molar-refractivity contribution in [1.82, 2.24) is 9.97 Å². The van der Waals surface area contributed by atoms with Crippen molar-refractivity contribution >= 4 is 11.8 Å². The molecule has 3 nitrogen and oxygen atoms in total. The van der Waals surface area contributed by atoms with Crippen LogP contribution in [0.25, 0.3) is 11.3 Å². The fourth-order valence-corrected chi connectivity index (χ4v) is 2.23. The molecule has 0 spiro atoms. The number of nitrogens with zero attached hydrogens (tertiary/aromatic N) is 3. The average molecular weight is 241 g/mol. The Hall–Kier alpha value is -1.86. The van der Waals surface area contributed by atoms with E-state index in [4.69, 9.17) is 5.26 Å². The quantitative estimate of drug-likeness (QED) is 0.758. The van der Waals surface area contributed by atoms with Gasteiger partial charge in [-0.15, -0.1) is 11.8 Å². The van der Waals surface area contributed by atoms with Crippen LogP contribution in [-0.4, -0.2) is 16.2 Å². The van der Waals surface area contributed by atoms with Gasteiger partial charge < -0.3 is 0 Å². The van der Waals surface area contributed by atoms with Crippen LogP contribution in [0.3, 0.4) is 0 Å². The summed E-state index contributed by atoms with van der Waals surface area (Å²) in [6.07, 6.45) is 5.47. The standard InChI is InChI=1S/C13H11N3S/c1-9-11(7-14)13(17-2)6-12(16-9)10-4-3-5-15-8-10/h3-6,8H,1-2H3. The summed E-state index contributed by atoms with van der Waals surface area (Å²) >= 11 is 1.56. The van der Waals surface area contributed by atoms with E-state index in [0.717, 1.165) is 21.8 Å². The van der Waals surface area contributed by atoms with E-state index < -0.39 is 0 Å². The Balaban J connectivity index is 2.59. The molecule has 0 unspecified atom stereocenters. The molecule has 2 aromatic rings. The lowest BCUT2D eigenvalue weighted by molar-refractivity contribution is 1.13. The third-order valence-corrected chi connectivity index (χ3v) is 3.21. The van der Waals surface area contributed by atoms with Crippen LogP contribution < -0.4 is 0 Å². The fraction of sp³-hybridized carbons (Fsp3) is 0.154. The van der Waals surface area contributed by atoms with Crippen LogP contribution in [0.4, 0.5) is 0 Å². The van der Waals surface area contributed by atoms with Crippen molar-refractivity contribution in [3.63, 3.8) is 0 Å². The molecule has 84 valence electrons. The van der Waals surface area contributed by atoms with Crippen LogP contribution in [0, 0.1) is 18.3 Å². The normalized spacial score (nSPS) is 9.94. The molecular weight excluding hydrogens is 230 g/mol. The van der Waals surface area contributed by atoms with Crippen molar-refractivity contribution in [3.05, 3.63) is 41.9 Å². The number of hydrogen-bond donors (Lipinski definition) is 0. The second kappa shape index (κ2) is 4.98. The van der Waals surface area contributed by atoms with Gasteiger partial charge in [0.1, 0.15) is 6.07 Å². The van der Waals surface area contributed by atoms with Crippen molar-refractivity contribution in [2.75, 3.05) is 6.26 Å².